The molecular formula is C5H10F6N2Sb-. The Morgan fingerprint density at radius 3 is 1.14 bits per heavy atom. The SMILES string of the molecule is CN1C=CN(C)C1.[F][Sb-]([F])([F])([F])([F])[F]. The van der Waals surface area contributed by atoms with E-state index in [1.54, 1.807) is 0 Å². The molecule has 0 saturated heterocycles. The van der Waals surface area contributed by atoms with Crippen LogP contribution in [-0.2, 0) is 0 Å². The molecule has 1 heterocycles. The molecule has 0 fully saturated rings. The molecule has 0 spiro atoms. The van der Waals surface area contributed by atoms with Gasteiger partial charge in [-0.15, -0.1) is 0 Å². The Labute approximate surface area is 79.7 Å². The van der Waals surface area contributed by atoms with Crippen molar-refractivity contribution in [1.29, 1.82) is 0 Å². The molecule has 88 valence electrons. The van der Waals surface area contributed by atoms with Crippen LogP contribution in [0.4, 0.5) is 16.9 Å². The summed E-state index contributed by atoms with van der Waals surface area (Å²) in [6.45, 7) is 1.03. The second-order valence-electron chi connectivity index (χ2n) is 2.91. The number of rotatable bonds is 0. The van der Waals surface area contributed by atoms with Crippen LogP contribution < -0.4 is 0 Å². The molecule has 9 heteroatoms. The Hall–Kier alpha value is -0.262. The summed E-state index contributed by atoms with van der Waals surface area (Å²) < 4.78 is 59.6. The summed E-state index contributed by atoms with van der Waals surface area (Å²) in [5.41, 5.74) is 0. The number of hydrogen-bond acceptors (Lipinski definition) is 2. The van der Waals surface area contributed by atoms with Crippen LogP contribution in [0.1, 0.15) is 0 Å². The van der Waals surface area contributed by atoms with Crippen molar-refractivity contribution in [2.24, 2.45) is 0 Å². The van der Waals surface area contributed by atoms with E-state index in [0.717, 1.165) is 6.67 Å². The Morgan fingerprint density at radius 1 is 0.857 bits per heavy atom. The predicted molar refractivity (Wildman–Crippen MR) is 41.9 cm³/mol. The zero-order valence-electron chi connectivity index (χ0n) is 7.47. The maximum atomic E-state index is 9.93. The first-order valence-corrected chi connectivity index (χ1v) is 9.18. The van der Waals surface area contributed by atoms with Gasteiger partial charge in [0.1, 0.15) is 0 Å². The van der Waals surface area contributed by atoms with E-state index >= 15 is 0 Å². The molecule has 1 aliphatic heterocycles. The van der Waals surface area contributed by atoms with Crippen LogP contribution in [0.2, 0.25) is 0 Å². The van der Waals surface area contributed by atoms with Crippen molar-refractivity contribution in [2.45, 2.75) is 0 Å². The van der Waals surface area contributed by atoms with E-state index in [0.29, 0.717) is 0 Å². The molecule has 14 heavy (non-hydrogen) atoms. The standard InChI is InChI=1S/C5H10N2.6FH.Sb/c1-6-3-4-7(2)5-6;;;;;;;/h3-4H,5H2,1-2H3;6*1H;/q;;;;;;;+5/p-6. The van der Waals surface area contributed by atoms with Crippen molar-refractivity contribution >= 4 is 19.5 Å². The van der Waals surface area contributed by atoms with Gasteiger partial charge in [0, 0.05) is 26.5 Å². The number of halogens is 6. The van der Waals surface area contributed by atoms with E-state index in [-0.39, 0.29) is 0 Å². The van der Waals surface area contributed by atoms with Gasteiger partial charge < -0.3 is 9.80 Å². The van der Waals surface area contributed by atoms with Gasteiger partial charge in [0.2, 0.25) is 0 Å². The van der Waals surface area contributed by atoms with E-state index in [1.165, 1.54) is 0 Å². The molecule has 0 radical (unpaired) electrons. The fraction of sp³-hybridized carbons (Fsp3) is 0.600. The minimum atomic E-state index is -11.2. The minimum absolute atomic E-state index is 1.03. The van der Waals surface area contributed by atoms with Crippen LogP contribution in [0.15, 0.2) is 12.4 Å². The summed E-state index contributed by atoms with van der Waals surface area (Å²) in [4.78, 5) is 4.25. The zero-order valence-corrected chi connectivity index (χ0v) is 10.0. The van der Waals surface area contributed by atoms with Crippen LogP contribution in [0.3, 0.4) is 0 Å². The first kappa shape index (κ1) is 13.7. The fourth-order valence-electron chi connectivity index (χ4n) is 0.674. The first-order valence-electron chi connectivity index (χ1n) is 3.39. The Morgan fingerprint density at radius 2 is 1.07 bits per heavy atom. The van der Waals surface area contributed by atoms with Gasteiger partial charge in [0.25, 0.3) is 0 Å². The van der Waals surface area contributed by atoms with Gasteiger partial charge in [-0.1, -0.05) is 0 Å². The number of hydrogen-bond donors (Lipinski definition) is 0. The molecule has 0 aromatic rings. The van der Waals surface area contributed by atoms with Gasteiger partial charge in [-0.05, 0) is 0 Å². The monoisotopic (exact) mass is 333 g/mol. The van der Waals surface area contributed by atoms with Crippen LogP contribution in [-0.4, -0.2) is 50.0 Å². The third-order valence-electron chi connectivity index (χ3n) is 1.02. The first-order chi connectivity index (χ1) is 5.74. The Bertz CT molecular complexity index is 208. The fourth-order valence-corrected chi connectivity index (χ4v) is 0.674. The van der Waals surface area contributed by atoms with E-state index in [9.17, 15) is 16.9 Å². The van der Waals surface area contributed by atoms with Crippen LogP contribution >= 0.6 is 0 Å². The van der Waals surface area contributed by atoms with Crippen LogP contribution in [0.25, 0.3) is 0 Å². The molecule has 0 amide bonds. The van der Waals surface area contributed by atoms with E-state index in [2.05, 4.69) is 36.3 Å². The molecule has 0 saturated carbocycles. The second-order valence-corrected chi connectivity index (χ2v) is 8.38. The summed E-state index contributed by atoms with van der Waals surface area (Å²) in [6.07, 6.45) is 4.11. The third kappa shape index (κ3) is 17.7. The average Bonchev–Trinajstić information content (AvgIpc) is 2.04. The van der Waals surface area contributed by atoms with Gasteiger partial charge >= 0.3 is 36.4 Å². The number of nitrogens with zero attached hydrogens (tertiary/aromatic N) is 2. The van der Waals surface area contributed by atoms with Crippen molar-refractivity contribution in [3.05, 3.63) is 12.4 Å². The van der Waals surface area contributed by atoms with Gasteiger partial charge in [-0.2, -0.15) is 0 Å². The molecule has 0 unspecified atom stereocenters. The van der Waals surface area contributed by atoms with Gasteiger partial charge in [-0.25, -0.2) is 0 Å². The molecule has 2 nitrogen and oxygen atoms in total. The quantitative estimate of drug-likeness (QED) is 0.496. The summed E-state index contributed by atoms with van der Waals surface area (Å²) in [7, 11) is 4.11. The molecule has 1 aliphatic rings. The van der Waals surface area contributed by atoms with Crippen LogP contribution in [0, 0.1) is 0 Å². The third-order valence-corrected chi connectivity index (χ3v) is 1.02. The van der Waals surface area contributed by atoms with E-state index < -0.39 is 19.5 Å². The van der Waals surface area contributed by atoms with Gasteiger partial charge in [0.15, 0.2) is 0 Å². The Kier molecular flexibility index (Phi) is 3.06. The van der Waals surface area contributed by atoms with E-state index in [4.69, 9.17) is 0 Å². The zero-order chi connectivity index (χ0) is 11.7. The molecule has 0 atom stereocenters. The van der Waals surface area contributed by atoms with Crippen LogP contribution in [0.5, 0.6) is 0 Å². The summed E-state index contributed by atoms with van der Waals surface area (Å²) in [5.74, 6) is 0. The van der Waals surface area contributed by atoms with Crippen molar-refractivity contribution in [1.82, 2.24) is 9.80 Å². The van der Waals surface area contributed by atoms with Crippen molar-refractivity contribution < 1.29 is 16.9 Å². The predicted octanol–water partition coefficient (Wildman–Crippen LogP) is 2.43. The second kappa shape index (κ2) is 3.11. The van der Waals surface area contributed by atoms with E-state index in [1.807, 2.05) is 0 Å². The van der Waals surface area contributed by atoms with Crippen molar-refractivity contribution in [2.75, 3.05) is 20.8 Å². The maximum absolute atomic E-state index is 11.2. The summed E-state index contributed by atoms with van der Waals surface area (Å²) in [5, 5.41) is 0. The molecule has 0 aliphatic carbocycles. The molecule has 0 aromatic heterocycles. The summed E-state index contributed by atoms with van der Waals surface area (Å²) in [6, 6.07) is 0. The molecule has 0 bridgehead atoms. The van der Waals surface area contributed by atoms with Crippen molar-refractivity contribution in [3.63, 3.8) is 0 Å². The van der Waals surface area contributed by atoms with Gasteiger partial charge in [-0.3, -0.25) is 0 Å². The van der Waals surface area contributed by atoms with Gasteiger partial charge in [0.05, 0.1) is 6.67 Å². The molecule has 0 N–H and O–H groups in total. The summed E-state index contributed by atoms with van der Waals surface area (Å²) >= 11 is -11.2. The molecule has 0 aromatic carbocycles. The molecular weight excluding hydrogens is 324 g/mol. The topological polar surface area (TPSA) is 6.48 Å². The average molecular weight is 334 g/mol. The van der Waals surface area contributed by atoms with Crippen molar-refractivity contribution in [3.8, 4) is 0 Å². The molecule has 1 rings (SSSR count). The Balaban J connectivity index is 0.000000241. The normalized spacial score (nSPS) is 21.1.